The third kappa shape index (κ3) is 2.58. The summed E-state index contributed by atoms with van der Waals surface area (Å²) in [6, 6.07) is 5.72. The Morgan fingerprint density at radius 1 is 1.20 bits per heavy atom. The third-order valence-electron chi connectivity index (χ3n) is 4.01. The van der Waals surface area contributed by atoms with Gasteiger partial charge in [-0.2, -0.15) is 0 Å². The van der Waals surface area contributed by atoms with Crippen molar-refractivity contribution in [1.29, 1.82) is 0 Å². The van der Waals surface area contributed by atoms with Crippen molar-refractivity contribution < 1.29 is 14.3 Å². The van der Waals surface area contributed by atoms with Crippen LogP contribution in [0.2, 0.25) is 0 Å². The number of nitrogens with one attached hydrogen (secondary N) is 1. The highest BCUT2D eigenvalue weighted by Crippen LogP contribution is 2.31. The molecule has 1 saturated carbocycles. The van der Waals surface area contributed by atoms with Crippen molar-refractivity contribution in [2.24, 2.45) is 5.73 Å². The molecule has 0 atom stereocenters. The molecule has 20 heavy (non-hydrogen) atoms. The highest BCUT2D eigenvalue weighted by atomic mass is 16.6. The van der Waals surface area contributed by atoms with E-state index in [1.807, 2.05) is 18.2 Å². The zero-order valence-electron chi connectivity index (χ0n) is 11.5. The molecule has 1 aliphatic carbocycles. The molecular weight excluding hydrogens is 256 g/mol. The lowest BCUT2D eigenvalue weighted by Crippen LogP contribution is -2.51. The normalized spacial score (nSPS) is 19.6. The van der Waals surface area contributed by atoms with Crippen molar-refractivity contribution in [2.75, 3.05) is 13.2 Å². The van der Waals surface area contributed by atoms with Crippen molar-refractivity contribution in [1.82, 2.24) is 5.32 Å². The third-order valence-corrected chi connectivity index (χ3v) is 4.01. The Kier molecular flexibility index (Phi) is 3.53. The van der Waals surface area contributed by atoms with Crippen molar-refractivity contribution in [3.8, 4) is 11.5 Å². The van der Waals surface area contributed by atoms with E-state index in [1.165, 1.54) is 0 Å². The molecule has 0 saturated heterocycles. The zero-order chi connectivity index (χ0) is 14.0. The average molecular weight is 276 g/mol. The lowest BCUT2D eigenvalue weighted by atomic mass is 9.98. The molecule has 2 aliphatic rings. The van der Waals surface area contributed by atoms with E-state index in [-0.39, 0.29) is 5.91 Å². The molecule has 108 valence electrons. The van der Waals surface area contributed by atoms with Crippen LogP contribution >= 0.6 is 0 Å². The first-order chi connectivity index (χ1) is 9.67. The van der Waals surface area contributed by atoms with Crippen LogP contribution in [0.4, 0.5) is 0 Å². The van der Waals surface area contributed by atoms with Crippen LogP contribution in [0.15, 0.2) is 18.2 Å². The minimum absolute atomic E-state index is 0.0510. The molecule has 1 aliphatic heterocycles. The smallest absolute Gasteiger partial charge is 0.240 e. The summed E-state index contributed by atoms with van der Waals surface area (Å²) in [5, 5.41) is 2.93. The largest absolute Gasteiger partial charge is 0.486 e. The number of rotatable bonds is 3. The van der Waals surface area contributed by atoms with Crippen molar-refractivity contribution in [3.63, 3.8) is 0 Å². The van der Waals surface area contributed by atoms with E-state index < -0.39 is 5.54 Å². The summed E-state index contributed by atoms with van der Waals surface area (Å²) in [6.07, 6.45) is 3.63. The highest BCUT2D eigenvalue weighted by molar-refractivity contribution is 5.86. The van der Waals surface area contributed by atoms with Gasteiger partial charge in [0.05, 0.1) is 5.54 Å². The van der Waals surface area contributed by atoms with Crippen LogP contribution in [-0.2, 0) is 11.3 Å². The lowest BCUT2D eigenvalue weighted by Gasteiger charge is -2.23. The number of benzene rings is 1. The number of carbonyl (C=O) groups is 1. The minimum atomic E-state index is -0.673. The Labute approximate surface area is 118 Å². The molecule has 0 aromatic heterocycles. The minimum Gasteiger partial charge on any atom is -0.486 e. The average Bonchev–Trinajstić information content (AvgIpc) is 2.92. The van der Waals surface area contributed by atoms with Crippen LogP contribution in [0.1, 0.15) is 31.2 Å². The first-order valence-corrected chi connectivity index (χ1v) is 7.13. The number of hydrogen-bond donors (Lipinski definition) is 2. The molecule has 0 spiro atoms. The maximum Gasteiger partial charge on any atom is 0.240 e. The highest BCUT2D eigenvalue weighted by Gasteiger charge is 2.36. The molecule has 1 fully saturated rings. The van der Waals surface area contributed by atoms with Crippen molar-refractivity contribution in [2.45, 2.75) is 37.8 Å². The second-order valence-electron chi connectivity index (χ2n) is 5.52. The number of hydrogen-bond acceptors (Lipinski definition) is 4. The van der Waals surface area contributed by atoms with Gasteiger partial charge in [-0.05, 0) is 30.5 Å². The van der Waals surface area contributed by atoms with E-state index >= 15 is 0 Å². The maximum atomic E-state index is 12.1. The van der Waals surface area contributed by atoms with Crippen LogP contribution in [0.5, 0.6) is 11.5 Å². The Hall–Kier alpha value is -1.75. The van der Waals surface area contributed by atoms with E-state index in [9.17, 15) is 4.79 Å². The lowest BCUT2D eigenvalue weighted by molar-refractivity contribution is -0.126. The zero-order valence-corrected chi connectivity index (χ0v) is 11.5. The monoisotopic (exact) mass is 276 g/mol. The predicted octanol–water partition coefficient (Wildman–Crippen LogP) is 1.35. The topological polar surface area (TPSA) is 73.6 Å². The fraction of sp³-hybridized carbons (Fsp3) is 0.533. The van der Waals surface area contributed by atoms with Crippen molar-refractivity contribution in [3.05, 3.63) is 23.8 Å². The van der Waals surface area contributed by atoms with Gasteiger partial charge < -0.3 is 20.5 Å². The molecule has 0 unspecified atom stereocenters. The molecule has 3 rings (SSSR count). The molecule has 1 heterocycles. The van der Waals surface area contributed by atoms with E-state index in [1.54, 1.807) is 0 Å². The molecule has 5 nitrogen and oxygen atoms in total. The summed E-state index contributed by atoms with van der Waals surface area (Å²) in [4.78, 5) is 12.1. The van der Waals surface area contributed by atoms with E-state index in [0.29, 0.717) is 19.8 Å². The van der Waals surface area contributed by atoms with Gasteiger partial charge in [0.2, 0.25) is 5.91 Å². The van der Waals surface area contributed by atoms with Crippen LogP contribution in [0.3, 0.4) is 0 Å². The fourth-order valence-electron chi connectivity index (χ4n) is 2.79. The van der Waals surface area contributed by atoms with Gasteiger partial charge in [0.15, 0.2) is 11.5 Å². The van der Waals surface area contributed by atoms with Crippen LogP contribution in [-0.4, -0.2) is 24.7 Å². The Bertz CT molecular complexity index is 510. The van der Waals surface area contributed by atoms with Gasteiger partial charge in [-0.3, -0.25) is 4.79 Å². The molecule has 1 amide bonds. The molecule has 1 aromatic carbocycles. The Morgan fingerprint density at radius 3 is 2.65 bits per heavy atom. The van der Waals surface area contributed by atoms with Gasteiger partial charge >= 0.3 is 0 Å². The summed E-state index contributed by atoms with van der Waals surface area (Å²) >= 11 is 0. The first-order valence-electron chi connectivity index (χ1n) is 7.13. The summed E-state index contributed by atoms with van der Waals surface area (Å²) in [6.45, 7) is 1.61. The van der Waals surface area contributed by atoms with Crippen LogP contribution < -0.4 is 20.5 Å². The number of ether oxygens (including phenoxy) is 2. The quantitative estimate of drug-likeness (QED) is 0.874. The summed E-state index contributed by atoms with van der Waals surface area (Å²) < 4.78 is 11.0. The summed E-state index contributed by atoms with van der Waals surface area (Å²) in [7, 11) is 0. The molecular formula is C15H20N2O3. The van der Waals surface area contributed by atoms with E-state index in [0.717, 1.165) is 42.7 Å². The van der Waals surface area contributed by atoms with E-state index in [4.69, 9.17) is 15.2 Å². The standard InChI is InChI=1S/C15H20N2O3/c16-15(5-1-2-6-15)14(18)17-10-11-3-4-12-13(9-11)20-8-7-19-12/h3-4,9H,1-2,5-8,10,16H2,(H,17,18). The number of fused-ring (bicyclic) bond motifs is 1. The molecule has 0 radical (unpaired) electrons. The summed E-state index contributed by atoms with van der Waals surface area (Å²) in [5.74, 6) is 1.45. The second kappa shape index (κ2) is 5.32. The SMILES string of the molecule is NC1(C(=O)NCc2ccc3c(c2)OCCO3)CCCC1. The van der Waals surface area contributed by atoms with Gasteiger partial charge in [-0.1, -0.05) is 18.9 Å². The number of nitrogens with two attached hydrogens (primary N) is 1. The molecule has 1 aromatic rings. The molecule has 5 heteroatoms. The van der Waals surface area contributed by atoms with Gasteiger partial charge in [-0.25, -0.2) is 0 Å². The number of amides is 1. The number of carbonyl (C=O) groups excluding carboxylic acids is 1. The second-order valence-corrected chi connectivity index (χ2v) is 5.52. The van der Waals surface area contributed by atoms with Crippen molar-refractivity contribution >= 4 is 5.91 Å². The van der Waals surface area contributed by atoms with Gasteiger partial charge in [0.25, 0.3) is 0 Å². The predicted molar refractivity (Wildman–Crippen MR) is 74.7 cm³/mol. The summed E-state index contributed by atoms with van der Waals surface area (Å²) in [5.41, 5.74) is 6.44. The maximum absolute atomic E-state index is 12.1. The Morgan fingerprint density at radius 2 is 1.90 bits per heavy atom. The van der Waals surface area contributed by atoms with Gasteiger partial charge in [-0.15, -0.1) is 0 Å². The van der Waals surface area contributed by atoms with Crippen LogP contribution in [0.25, 0.3) is 0 Å². The fourth-order valence-corrected chi connectivity index (χ4v) is 2.79. The first kappa shape index (κ1) is 13.2. The van der Waals surface area contributed by atoms with Gasteiger partial charge in [0, 0.05) is 6.54 Å². The van der Waals surface area contributed by atoms with Crippen LogP contribution in [0, 0.1) is 0 Å². The van der Waals surface area contributed by atoms with E-state index in [2.05, 4.69) is 5.32 Å². The molecule has 0 bridgehead atoms. The van der Waals surface area contributed by atoms with Gasteiger partial charge in [0.1, 0.15) is 13.2 Å². The Balaban J connectivity index is 1.62. The molecule has 3 N–H and O–H groups in total.